The average molecular weight is 413 g/mol. The van der Waals surface area contributed by atoms with Crippen LogP contribution in [0.15, 0.2) is 0 Å². The second-order valence-corrected chi connectivity index (χ2v) is 12.6. The van der Waals surface area contributed by atoms with Gasteiger partial charge in [0.1, 0.15) is 0 Å². The SMILES string of the molecule is CCC[CH2][Sn]([CH2]CCC)[CH2]CCC.[SnH4]. The Morgan fingerprint density at radius 2 is 0.929 bits per heavy atom. The molecule has 0 nitrogen and oxygen atoms in total. The van der Waals surface area contributed by atoms with Crippen molar-refractivity contribution in [1.82, 2.24) is 0 Å². The van der Waals surface area contributed by atoms with Crippen LogP contribution in [0.4, 0.5) is 0 Å². The first-order valence-corrected chi connectivity index (χ1v) is 12.2. The fourth-order valence-electron chi connectivity index (χ4n) is 1.66. The molecule has 0 rings (SSSR count). The Morgan fingerprint density at radius 1 is 0.643 bits per heavy atom. The van der Waals surface area contributed by atoms with Crippen LogP contribution in [0.25, 0.3) is 0 Å². The van der Waals surface area contributed by atoms with Crippen LogP contribution in [0.5, 0.6) is 0 Å². The molecular formula is C12H31Sn2. The summed E-state index contributed by atoms with van der Waals surface area (Å²) in [6.07, 6.45) is 8.85. The monoisotopic (exact) mass is 415 g/mol. The third-order valence-electron chi connectivity index (χ3n) is 2.65. The van der Waals surface area contributed by atoms with Crippen LogP contribution in [0.1, 0.15) is 59.3 Å². The standard InChI is InChI=1S/3C4H9.2Sn.4H/c3*1-3-4-2;;;;;;/h3*1,3-4H2,2H3;;;;;;. The molecule has 0 bridgehead atoms. The number of hydrogen-bond donors (Lipinski definition) is 0. The summed E-state index contributed by atoms with van der Waals surface area (Å²) in [7, 11) is 0. The molecule has 0 N–H and O–H groups in total. The number of rotatable bonds is 9. The minimum atomic E-state index is -0.839. The Labute approximate surface area is 115 Å². The second-order valence-electron chi connectivity index (χ2n) is 4.06. The maximum atomic E-state index is 2.33. The summed E-state index contributed by atoms with van der Waals surface area (Å²) in [5.41, 5.74) is 0. The molecule has 0 aromatic carbocycles. The quantitative estimate of drug-likeness (QED) is 0.509. The van der Waals surface area contributed by atoms with Crippen molar-refractivity contribution >= 4 is 43.7 Å². The first-order valence-electron chi connectivity index (χ1n) is 6.18. The predicted octanol–water partition coefficient (Wildman–Crippen LogP) is 3.43. The zero-order chi connectivity index (χ0) is 9.94. The van der Waals surface area contributed by atoms with Gasteiger partial charge in [0.25, 0.3) is 0 Å². The van der Waals surface area contributed by atoms with Crippen molar-refractivity contribution in [3.63, 3.8) is 0 Å². The van der Waals surface area contributed by atoms with E-state index in [1.807, 2.05) is 0 Å². The Hall–Kier alpha value is 1.60. The minimum absolute atomic E-state index is 0. The normalized spacial score (nSPS) is 10.3. The molecule has 87 valence electrons. The summed E-state index contributed by atoms with van der Waals surface area (Å²) >= 11 is -0.839. The van der Waals surface area contributed by atoms with Gasteiger partial charge >= 0.3 is 116 Å². The third kappa shape index (κ3) is 11.7. The van der Waals surface area contributed by atoms with Gasteiger partial charge in [-0.1, -0.05) is 0 Å². The zero-order valence-corrected chi connectivity index (χ0v) is 12.7. The molecule has 0 aromatic heterocycles. The second kappa shape index (κ2) is 14.6. The van der Waals surface area contributed by atoms with Crippen LogP contribution in [-0.2, 0) is 0 Å². The fourth-order valence-corrected chi connectivity index (χ4v) is 11.1. The third-order valence-corrected chi connectivity index (χ3v) is 11.7. The van der Waals surface area contributed by atoms with Crippen molar-refractivity contribution in [2.45, 2.75) is 72.6 Å². The predicted molar refractivity (Wildman–Crippen MR) is 76.2 cm³/mol. The molecule has 0 aliphatic heterocycles. The molecule has 0 aliphatic carbocycles. The molecule has 0 fully saturated rings. The van der Waals surface area contributed by atoms with Gasteiger partial charge in [-0.15, -0.1) is 0 Å². The molecule has 0 aromatic rings. The summed E-state index contributed by atoms with van der Waals surface area (Å²) in [6, 6.07) is 0. The molecule has 0 aliphatic rings. The van der Waals surface area contributed by atoms with Gasteiger partial charge in [-0.05, 0) is 0 Å². The van der Waals surface area contributed by atoms with Crippen molar-refractivity contribution < 1.29 is 0 Å². The fraction of sp³-hybridized carbons (Fsp3) is 1.00. The van der Waals surface area contributed by atoms with Crippen molar-refractivity contribution in [3.8, 4) is 0 Å². The summed E-state index contributed by atoms with van der Waals surface area (Å²) in [6.45, 7) is 7.00. The molecule has 0 saturated heterocycles. The summed E-state index contributed by atoms with van der Waals surface area (Å²) in [4.78, 5) is 0. The van der Waals surface area contributed by atoms with Gasteiger partial charge in [0.05, 0.1) is 0 Å². The summed E-state index contributed by atoms with van der Waals surface area (Å²) in [5.74, 6) is 0. The Bertz CT molecular complexity index is 75.3. The molecule has 14 heavy (non-hydrogen) atoms. The van der Waals surface area contributed by atoms with E-state index in [9.17, 15) is 0 Å². The van der Waals surface area contributed by atoms with Gasteiger partial charge in [-0.2, -0.15) is 0 Å². The van der Waals surface area contributed by atoms with Crippen LogP contribution in [0.3, 0.4) is 0 Å². The van der Waals surface area contributed by atoms with E-state index in [0.29, 0.717) is 0 Å². The molecule has 1 radical (unpaired) electrons. The summed E-state index contributed by atoms with van der Waals surface area (Å²) in [5, 5.41) is 0. The van der Waals surface area contributed by atoms with Crippen molar-refractivity contribution in [1.29, 1.82) is 0 Å². The maximum absolute atomic E-state index is 2.33. The van der Waals surface area contributed by atoms with Crippen LogP contribution in [0, 0.1) is 0 Å². The molecule has 0 amide bonds. The average Bonchev–Trinajstić information content (AvgIpc) is 2.17. The Morgan fingerprint density at radius 3 is 1.14 bits per heavy atom. The summed E-state index contributed by atoms with van der Waals surface area (Å²) < 4.78 is 5.04. The molecule has 0 atom stereocenters. The van der Waals surface area contributed by atoms with E-state index < -0.39 is 19.8 Å². The van der Waals surface area contributed by atoms with Crippen molar-refractivity contribution in [2.75, 3.05) is 0 Å². The van der Waals surface area contributed by atoms with E-state index >= 15 is 0 Å². The topological polar surface area (TPSA) is 0 Å². The van der Waals surface area contributed by atoms with Gasteiger partial charge in [0.2, 0.25) is 0 Å². The molecular weight excluding hydrogens is 382 g/mol. The van der Waals surface area contributed by atoms with Crippen LogP contribution < -0.4 is 0 Å². The first-order chi connectivity index (χ1) is 6.35. The van der Waals surface area contributed by atoms with Crippen molar-refractivity contribution in [3.05, 3.63) is 0 Å². The van der Waals surface area contributed by atoms with E-state index in [2.05, 4.69) is 20.8 Å². The molecule has 0 heterocycles. The van der Waals surface area contributed by atoms with Gasteiger partial charge < -0.3 is 0 Å². The Kier molecular flexibility index (Phi) is 18.7. The Balaban J connectivity index is 0. The van der Waals surface area contributed by atoms with E-state index in [1.54, 1.807) is 13.3 Å². The molecule has 0 spiro atoms. The van der Waals surface area contributed by atoms with E-state index in [0.717, 1.165) is 0 Å². The number of hydrogen-bond acceptors (Lipinski definition) is 0. The number of unbranched alkanes of at least 4 members (excludes halogenated alkanes) is 3. The van der Waals surface area contributed by atoms with Gasteiger partial charge in [0, 0.05) is 0 Å². The van der Waals surface area contributed by atoms with Crippen LogP contribution >= 0.6 is 0 Å². The van der Waals surface area contributed by atoms with Gasteiger partial charge in [0.15, 0.2) is 0 Å². The van der Waals surface area contributed by atoms with E-state index in [4.69, 9.17) is 0 Å². The van der Waals surface area contributed by atoms with E-state index in [1.165, 1.54) is 38.5 Å². The van der Waals surface area contributed by atoms with Crippen LogP contribution in [0.2, 0.25) is 13.3 Å². The molecule has 0 unspecified atom stereocenters. The van der Waals surface area contributed by atoms with E-state index in [-0.39, 0.29) is 23.9 Å². The van der Waals surface area contributed by atoms with Crippen molar-refractivity contribution in [2.24, 2.45) is 0 Å². The van der Waals surface area contributed by atoms with Gasteiger partial charge in [-0.25, -0.2) is 0 Å². The van der Waals surface area contributed by atoms with Gasteiger partial charge in [-0.3, -0.25) is 0 Å². The molecule has 2 heteroatoms. The first kappa shape index (κ1) is 18.0. The zero-order valence-electron chi connectivity index (χ0n) is 9.86. The van der Waals surface area contributed by atoms with Crippen LogP contribution in [-0.4, -0.2) is 43.7 Å². The molecule has 0 saturated carbocycles.